The standard InChI is InChI=1S/C19H19ClN4O4/c20-17-4-2-1-3-16(17)19(26)21-13-18(25)23-11-9-22(10-12-23)14-5-7-15(8-6-14)24(27)28/h1-8H,9-13H2,(H,21,26). The maximum absolute atomic E-state index is 12.4. The Labute approximate surface area is 166 Å². The largest absolute Gasteiger partial charge is 0.368 e. The van der Waals surface area contributed by atoms with E-state index < -0.39 is 4.92 Å². The molecule has 28 heavy (non-hydrogen) atoms. The summed E-state index contributed by atoms with van der Waals surface area (Å²) in [6.45, 7) is 2.15. The van der Waals surface area contributed by atoms with Gasteiger partial charge in [-0.1, -0.05) is 23.7 Å². The summed E-state index contributed by atoms with van der Waals surface area (Å²) in [7, 11) is 0. The number of benzene rings is 2. The lowest BCUT2D eigenvalue weighted by atomic mass is 10.2. The number of hydrogen-bond acceptors (Lipinski definition) is 5. The number of hydrogen-bond donors (Lipinski definition) is 1. The third kappa shape index (κ3) is 4.58. The van der Waals surface area contributed by atoms with E-state index in [9.17, 15) is 19.7 Å². The van der Waals surface area contributed by atoms with Crippen LogP contribution >= 0.6 is 11.6 Å². The molecule has 1 fully saturated rings. The molecule has 0 saturated carbocycles. The van der Waals surface area contributed by atoms with Crippen LogP contribution in [0.2, 0.25) is 5.02 Å². The number of rotatable bonds is 5. The normalized spacial score (nSPS) is 13.9. The third-order valence-corrected chi connectivity index (χ3v) is 4.91. The van der Waals surface area contributed by atoms with E-state index in [0.717, 1.165) is 5.69 Å². The number of nitrogens with one attached hydrogen (secondary N) is 1. The molecule has 1 heterocycles. The molecule has 146 valence electrons. The second kappa shape index (κ2) is 8.71. The molecule has 2 aromatic rings. The fourth-order valence-corrected chi connectivity index (χ4v) is 3.23. The number of piperazine rings is 1. The average molecular weight is 403 g/mol. The number of nitro benzene ring substituents is 1. The smallest absolute Gasteiger partial charge is 0.269 e. The number of halogens is 1. The van der Waals surface area contributed by atoms with Crippen LogP contribution in [-0.2, 0) is 4.79 Å². The van der Waals surface area contributed by atoms with Gasteiger partial charge in [-0.3, -0.25) is 19.7 Å². The van der Waals surface area contributed by atoms with Gasteiger partial charge in [0.05, 0.1) is 22.1 Å². The Bertz CT molecular complexity index is 880. The summed E-state index contributed by atoms with van der Waals surface area (Å²) in [5.41, 5.74) is 1.26. The van der Waals surface area contributed by atoms with Gasteiger partial charge in [0.1, 0.15) is 0 Å². The Balaban J connectivity index is 1.49. The lowest BCUT2D eigenvalue weighted by molar-refractivity contribution is -0.384. The monoisotopic (exact) mass is 402 g/mol. The Morgan fingerprint density at radius 2 is 1.68 bits per heavy atom. The van der Waals surface area contributed by atoms with Crippen molar-refractivity contribution >= 4 is 34.8 Å². The van der Waals surface area contributed by atoms with E-state index in [2.05, 4.69) is 10.2 Å². The minimum Gasteiger partial charge on any atom is -0.368 e. The van der Waals surface area contributed by atoms with Crippen LogP contribution in [0.25, 0.3) is 0 Å². The van der Waals surface area contributed by atoms with E-state index in [-0.39, 0.29) is 24.0 Å². The van der Waals surface area contributed by atoms with Crippen molar-refractivity contribution in [3.8, 4) is 0 Å². The number of nitrogens with zero attached hydrogens (tertiary/aromatic N) is 3. The molecule has 2 aromatic carbocycles. The van der Waals surface area contributed by atoms with Crippen LogP contribution in [0.3, 0.4) is 0 Å². The maximum atomic E-state index is 12.4. The van der Waals surface area contributed by atoms with Crippen molar-refractivity contribution in [3.05, 3.63) is 69.2 Å². The van der Waals surface area contributed by atoms with Crippen LogP contribution in [0.1, 0.15) is 10.4 Å². The Morgan fingerprint density at radius 1 is 1.04 bits per heavy atom. The maximum Gasteiger partial charge on any atom is 0.269 e. The summed E-state index contributed by atoms with van der Waals surface area (Å²) in [5.74, 6) is -0.549. The van der Waals surface area contributed by atoms with Crippen molar-refractivity contribution in [2.24, 2.45) is 0 Å². The lowest BCUT2D eigenvalue weighted by Gasteiger charge is -2.36. The SMILES string of the molecule is O=C(NCC(=O)N1CCN(c2ccc([N+](=O)[O-])cc2)CC1)c1ccccc1Cl. The minimum atomic E-state index is -0.433. The second-order valence-electron chi connectivity index (χ2n) is 6.30. The van der Waals surface area contributed by atoms with Crippen LogP contribution in [0, 0.1) is 10.1 Å². The molecule has 3 rings (SSSR count). The van der Waals surface area contributed by atoms with E-state index in [1.165, 1.54) is 12.1 Å². The van der Waals surface area contributed by atoms with Gasteiger partial charge in [0.25, 0.3) is 11.6 Å². The predicted molar refractivity (Wildman–Crippen MR) is 106 cm³/mol. The van der Waals surface area contributed by atoms with Crippen LogP contribution in [-0.4, -0.2) is 54.4 Å². The summed E-state index contributed by atoms with van der Waals surface area (Å²) in [5, 5.41) is 13.7. The molecule has 2 amide bonds. The zero-order valence-corrected chi connectivity index (χ0v) is 15.8. The molecule has 0 aliphatic carbocycles. The zero-order valence-electron chi connectivity index (χ0n) is 15.0. The Kier molecular flexibility index (Phi) is 6.10. The van der Waals surface area contributed by atoms with Crippen LogP contribution < -0.4 is 10.2 Å². The molecule has 1 saturated heterocycles. The molecule has 0 aromatic heterocycles. The van der Waals surface area contributed by atoms with E-state index >= 15 is 0 Å². The van der Waals surface area contributed by atoms with Crippen LogP contribution in [0.15, 0.2) is 48.5 Å². The summed E-state index contributed by atoms with van der Waals surface area (Å²) < 4.78 is 0. The van der Waals surface area contributed by atoms with E-state index in [4.69, 9.17) is 11.6 Å². The summed E-state index contributed by atoms with van der Waals surface area (Å²) in [6.07, 6.45) is 0. The fraction of sp³-hybridized carbons (Fsp3) is 0.263. The molecule has 0 atom stereocenters. The van der Waals surface area contributed by atoms with E-state index in [0.29, 0.717) is 36.8 Å². The molecular formula is C19H19ClN4O4. The minimum absolute atomic E-state index is 0.0480. The van der Waals surface area contributed by atoms with Gasteiger partial charge in [-0.25, -0.2) is 0 Å². The van der Waals surface area contributed by atoms with Gasteiger partial charge in [0, 0.05) is 44.0 Å². The first-order valence-corrected chi connectivity index (χ1v) is 9.13. The Hall–Kier alpha value is -3.13. The van der Waals surface area contributed by atoms with Gasteiger partial charge >= 0.3 is 0 Å². The second-order valence-corrected chi connectivity index (χ2v) is 6.71. The molecule has 0 spiro atoms. The van der Waals surface area contributed by atoms with Crippen LogP contribution in [0.5, 0.6) is 0 Å². The van der Waals surface area contributed by atoms with Crippen molar-refractivity contribution < 1.29 is 14.5 Å². The Morgan fingerprint density at radius 3 is 2.29 bits per heavy atom. The summed E-state index contributed by atoms with van der Waals surface area (Å²) >= 11 is 5.99. The average Bonchev–Trinajstić information content (AvgIpc) is 2.72. The lowest BCUT2D eigenvalue weighted by Crippen LogP contribution is -2.51. The third-order valence-electron chi connectivity index (χ3n) is 4.58. The highest BCUT2D eigenvalue weighted by Crippen LogP contribution is 2.20. The molecular weight excluding hydrogens is 384 g/mol. The highest BCUT2D eigenvalue weighted by atomic mass is 35.5. The first kappa shape index (κ1) is 19.6. The number of nitro groups is 1. The molecule has 9 heteroatoms. The summed E-state index contributed by atoms with van der Waals surface area (Å²) in [4.78, 5) is 38.6. The number of anilines is 1. The molecule has 0 unspecified atom stereocenters. The molecule has 0 bridgehead atoms. The van der Waals surface area contributed by atoms with Gasteiger partial charge in [0.2, 0.25) is 5.91 Å². The first-order valence-electron chi connectivity index (χ1n) is 8.75. The van der Waals surface area contributed by atoms with Crippen molar-refractivity contribution in [2.75, 3.05) is 37.6 Å². The molecule has 1 aliphatic rings. The topological polar surface area (TPSA) is 95.8 Å². The highest BCUT2D eigenvalue weighted by Gasteiger charge is 2.22. The van der Waals surface area contributed by atoms with E-state index in [1.807, 2.05) is 0 Å². The predicted octanol–water partition coefficient (Wildman–Crippen LogP) is 2.33. The fourth-order valence-electron chi connectivity index (χ4n) is 3.01. The van der Waals surface area contributed by atoms with Crippen molar-refractivity contribution in [3.63, 3.8) is 0 Å². The summed E-state index contributed by atoms with van der Waals surface area (Å²) in [6, 6.07) is 13.0. The van der Waals surface area contributed by atoms with Crippen molar-refractivity contribution in [2.45, 2.75) is 0 Å². The zero-order chi connectivity index (χ0) is 20.1. The molecule has 8 nitrogen and oxygen atoms in total. The number of carbonyl (C=O) groups excluding carboxylic acids is 2. The van der Waals surface area contributed by atoms with Crippen molar-refractivity contribution in [1.82, 2.24) is 10.2 Å². The van der Waals surface area contributed by atoms with Gasteiger partial charge in [-0.2, -0.15) is 0 Å². The quantitative estimate of drug-likeness (QED) is 0.611. The highest BCUT2D eigenvalue weighted by molar-refractivity contribution is 6.33. The molecule has 1 aliphatic heterocycles. The molecule has 0 radical (unpaired) electrons. The number of non-ortho nitro benzene ring substituents is 1. The van der Waals surface area contributed by atoms with Gasteiger partial charge < -0.3 is 15.1 Å². The van der Waals surface area contributed by atoms with Gasteiger partial charge in [-0.05, 0) is 24.3 Å². The number of carbonyl (C=O) groups is 2. The first-order chi connectivity index (χ1) is 13.5. The molecule has 1 N–H and O–H groups in total. The van der Waals surface area contributed by atoms with Crippen LogP contribution in [0.4, 0.5) is 11.4 Å². The van der Waals surface area contributed by atoms with E-state index in [1.54, 1.807) is 41.3 Å². The number of amides is 2. The van der Waals surface area contributed by atoms with Crippen molar-refractivity contribution in [1.29, 1.82) is 0 Å². The van der Waals surface area contributed by atoms with Gasteiger partial charge in [0.15, 0.2) is 0 Å². The van der Waals surface area contributed by atoms with Gasteiger partial charge in [-0.15, -0.1) is 0 Å².